The molecule has 0 fully saturated rings. The summed E-state index contributed by atoms with van der Waals surface area (Å²) in [5.41, 5.74) is -0.702. The summed E-state index contributed by atoms with van der Waals surface area (Å²) in [6.45, 7) is 12.2. The van der Waals surface area contributed by atoms with Crippen LogP contribution in [0.3, 0.4) is 0 Å². The van der Waals surface area contributed by atoms with Crippen LogP contribution in [-0.2, 0) is 8.85 Å². The van der Waals surface area contributed by atoms with Gasteiger partial charge in [-0.15, -0.1) is 10.2 Å². The summed E-state index contributed by atoms with van der Waals surface area (Å²) in [6.07, 6.45) is 0. The fourth-order valence-electron chi connectivity index (χ4n) is 2.03. The minimum absolute atomic E-state index is 0.351. The summed E-state index contributed by atoms with van der Waals surface area (Å²) >= 11 is 7.13. The highest BCUT2D eigenvalue weighted by molar-refractivity contribution is 7.21. The van der Waals surface area contributed by atoms with E-state index >= 15 is 0 Å². The van der Waals surface area contributed by atoms with Gasteiger partial charge in [-0.2, -0.15) is 0 Å². The molecule has 0 atom stereocenters. The second kappa shape index (κ2) is 9.18. The molecule has 158 valence electrons. The second-order valence-electron chi connectivity index (χ2n) is 9.11. The van der Waals surface area contributed by atoms with Crippen LogP contribution in [0.4, 0.5) is 0 Å². The Bertz CT molecular complexity index is 654. The van der Waals surface area contributed by atoms with Crippen molar-refractivity contribution in [3.8, 4) is 0 Å². The number of hydrogen-bond acceptors (Lipinski definition) is 6. The predicted molar refractivity (Wildman–Crippen MR) is 121 cm³/mol. The van der Waals surface area contributed by atoms with Crippen LogP contribution in [0.5, 0.6) is 0 Å². The van der Waals surface area contributed by atoms with Gasteiger partial charge < -0.3 is 8.85 Å². The molecule has 1 aromatic rings. The van der Waals surface area contributed by atoms with E-state index in [1.165, 1.54) is 0 Å². The first-order valence-electron chi connectivity index (χ1n) is 9.30. The lowest BCUT2D eigenvalue weighted by Crippen LogP contribution is -2.54. The highest BCUT2D eigenvalue weighted by Gasteiger charge is 2.49. The van der Waals surface area contributed by atoms with Gasteiger partial charge in [0.15, 0.2) is 0 Å². The predicted octanol–water partition coefficient (Wildman–Crippen LogP) is 3.95. The fraction of sp³-hybridized carbons (Fsp3) is 0.600. The van der Waals surface area contributed by atoms with Crippen LogP contribution in [-0.4, -0.2) is 57.9 Å². The van der Waals surface area contributed by atoms with Crippen molar-refractivity contribution >= 4 is 35.9 Å². The number of hydrogen-bond donors (Lipinski definition) is 0. The molecular formula is C20H35ClN4O2Si. The van der Waals surface area contributed by atoms with Gasteiger partial charge in [0.25, 0.3) is 0 Å². The van der Waals surface area contributed by atoms with Gasteiger partial charge in [-0.05, 0) is 0 Å². The summed E-state index contributed by atoms with van der Waals surface area (Å²) in [4.78, 5) is 0. The van der Waals surface area contributed by atoms with Crippen molar-refractivity contribution in [2.75, 3.05) is 28.2 Å². The molecule has 8 heteroatoms. The van der Waals surface area contributed by atoms with Gasteiger partial charge >= 0.3 is 7.87 Å². The van der Waals surface area contributed by atoms with Crippen molar-refractivity contribution in [3.63, 3.8) is 0 Å². The van der Waals surface area contributed by atoms with Crippen molar-refractivity contribution in [2.24, 2.45) is 21.0 Å². The summed E-state index contributed by atoms with van der Waals surface area (Å²) in [7, 11) is 3.96. The highest BCUT2D eigenvalue weighted by Crippen LogP contribution is 2.27. The summed E-state index contributed by atoms with van der Waals surface area (Å²) < 4.78 is 12.8. The van der Waals surface area contributed by atoms with Gasteiger partial charge in [0, 0.05) is 44.2 Å². The van der Waals surface area contributed by atoms with E-state index in [0.717, 1.165) is 5.19 Å². The topological polar surface area (TPSA) is 49.7 Å². The Balaban J connectivity index is 3.51. The lowest BCUT2D eigenvalue weighted by Gasteiger charge is -2.34. The Morgan fingerprint density at radius 1 is 0.786 bits per heavy atom. The molecule has 0 amide bonds. The van der Waals surface area contributed by atoms with Crippen LogP contribution < -0.4 is 5.19 Å². The number of nitrogens with zero attached hydrogens (tertiary/aromatic N) is 4. The average molecular weight is 427 g/mol. The molecule has 6 nitrogen and oxygen atoms in total. The first-order valence-corrected chi connectivity index (χ1v) is 12.1. The fourth-order valence-corrected chi connectivity index (χ4v) is 4.91. The van der Waals surface area contributed by atoms with Gasteiger partial charge in [-0.3, -0.25) is 10.0 Å². The lowest BCUT2D eigenvalue weighted by molar-refractivity contribution is 0.310. The van der Waals surface area contributed by atoms with Crippen LogP contribution >= 0.6 is 11.1 Å². The summed E-state index contributed by atoms with van der Waals surface area (Å²) in [5, 5.41) is 13.3. The van der Waals surface area contributed by atoms with E-state index in [0.29, 0.717) is 11.8 Å². The molecule has 0 aliphatic rings. The third kappa shape index (κ3) is 7.35. The van der Waals surface area contributed by atoms with Crippen LogP contribution in [0, 0.1) is 10.8 Å². The van der Waals surface area contributed by atoms with Gasteiger partial charge in [0.1, 0.15) is 0 Å². The van der Waals surface area contributed by atoms with E-state index < -0.39 is 7.87 Å². The molecule has 0 heterocycles. The molecule has 1 aromatic carbocycles. The van der Waals surface area contributed by atoms with Gasteiger partial charge in [-0.25, -0.2) is 0 Å². The van der Waals surface area contributed by atoms with E-state index in [2.05, 4.69) is 10.2 Å². The molecule has 0 N–H and O–H groups in total. The van der Waals surface area contributed by atoms with Gasteiger partial charge in [0.2, 0.25) is 11.8 Å². The van der Waals surface area contributed by atoms with E-state index in [9.17, 15) is 0 Å². The lowest BCUT2D eigenvalue weighted by atomic mass is 9.97. The van der Waals surface area contributed by atoms with Gasteiger partial charge in [0.05, 0.1) is 0 Å². The van der Waals surface area contributed by atoms with Crippen molar-refractivity contribution < 1.29 is 8.85 Å². The van der Waals surface area contributed by atoms with Crippen LogP contribution in [0.1, 0.15) is 41.5 Å². The molecule has 0 radical (unpaired) electrons. The molecule has 0 unspecified atom stereocenters. The molecule has 0 bridgehead atoms. The molecule has 0 aliphatic heterocycles. The Morgan fingerprint density at radius 2 is 1.14 bits per heavy atom. The van der Waals surface area contributed by atoms with E-state index in [1.54, 1.807) is 10.0 Å². The molecule has 0 spiro atoms. The molecule has 0 saturated heterocycles. The highest BCUT2D eigenvalue weighted by atomic mass is 35.6. The Labute approximate surface area is 176 Å². The van der Waals surface area contributed by atoms with Crippen molar-refractivity contribution in [1.82, 2.24) is 10.0 Å². The third-order valence-corrected chi connectivity index (χ3v) is 6.49. The number of benzene rings is 1. The SMILES string of the molecule is CN(C)/N=C(/O[Si](Cl)(O/C(=N/N(C)C)C(C)(C)C)c1ccccc1)C(C)(C)C. The first kappa shape index (κ1) is 24.3. The van der Waals surface area contributed by atoms with Crippen LogP contribution in [0.2, 0.25) is 0 Å². The number of hydrazone groups is 2. The maximum Gasteiger partial charge on any atom is 0.607 e. The maximum absolute atomic E-state index is 7.13. The van der Waals surface area contributed by atoms with Gasteiger partial charge in [-0.1, -0.05) is 83.0 Å². The second-order valence-corrected chi connectivity index (χ2v) is 12.7. The van der Waals surface area contributed by atoms with E-state index in [4.69, 9.17) is 19.9 Å². The zero-order valence-corrected chi connectivity index (χ0v) is 20.6. The zero-order chi connectivity index (χ0) is 21.8. The third-order valence-electron chi connectivity index (χ3n) is 3.44. The molecule has 0 aromatic heterocycles. The average Bonchev–Trinajstić information content (AvgIpc) is 2.52. The number of rotatable bonds is 5. The minimum Gasteiger partial charge on any atom is -0.485 e. The standard InChI is InChI=1S/C20H35ClN4O2Si/c1-19(2,3)17(22-24(7)8)26-28(21,16-14-12-11-13-15-16)27-18(20(4,5)6)23-25(9)10/h11-15H,1-10H3/b22-17+,23-18+. The molecule has 0 saturated carbocycles. The van der Waals surface area contributed by atoms with Crippen molar-refractivity contribution in [3.05, 3.63) is 30.3 Å². The maximum atomic E-state index is 7.13. The normalized spacial score (nSPS) is 14.0. The summed E-state index contributed by atoms with van der Waals surface area (Å²) in [5.74, 6) is 1.03. The monoisotopic (exact) mass is 426 g/mol. The Morgan fingerprint density at radius 3 is 1.43 bits per heavy atom. The quantitative estimate of drug-likeness (QED) is 0.235. The molecular weight excluding hydrogens is 392 g/mol. The first-order chi connectivity index (χ1) is 12.6. The van der Waals surface area contributed by atoms with Crippen LogP contribution in [0.15, 0.2) is 40.5 Å². The Hall–Kier alpha value is -1.73. The molecule has 1 rings (SSSR count). The van der Waals surface area contributed by atoms with E-state index in [1.807, 2.05) is 100 Å². The van der Waals surface area contributed by atoms with Crippen molar-refractivity contribution in [1.29, 1.82) is 0 Å². The van der Waals surface area contributed by atoms with Crippen molar-refractivity contribution in [2.45, 2.75) is 41.5 Å². The zero-order valence-electron chi connectivity index (χ0n) is 18.9. The molecule has 28 heavy (non-hydrogen) atoms. The van der Waals surface area contributed by atoms with E-state index in [-0.39, 0.29) is 10.8 Å². The summed E-state index contributed by atoms with van der Waals surface area (Å²) in [6, 6.07) is 9.63. The van der Waals surface area contributed by atoms with Crippen LogP contribution in [0.25, 0.3) is 0 Å². The molecule has 0 aliphatic carbocycles. The minimum atomic E-state index is -3.45. The smallest absolute Gasteiger partial charge is 0.485 e. The Kier molecular flexibility index (Phi) is 7.97. The number of halogens is 1. The largest absolute Gasteiger partial charge is 0.607 e.